The largest absolute Gasteiger partial charge is 0.481 e. The maximum atomic E-state index is 12.5. The molecule has 0 radical (unpaired) electrons. The number of carboxylic acid groups (broad SMARTS) is 1. The van der Waals surface area contributed by atoms with Crippen LogP contribution in [-0.4, -0.2) is 39.5 Å². The zero-order valence-corrected chi connectivity index (χ0v) is 14.4. The molecule has 6 heteroatoms. The number of benzene rings is 1. The minimum atomic E-state index is -0.929. The predicted octanol–water partition coefficient (Wildman–Crippen LogP) is 2.99. The minimum absolute atomic E-state index is 0.0877. The van der Waals surface area contributed by atoms with Gasteiger partial charge in [-0.25, -0.2) is 4.98 Å². The Morgan fingerprint density at radius 2 is 1.88 bits per heavy atom. The van der Waals surface area contributed by atoms with Crippen LogP contribution >= 0.6 is 0 Å². The molecule has 1 N–H and O–H groups in total. The molecule has 0 fully saturated rings. The second-order valence-corrected chi connectivity index (χ2v) is 5.90. The van der Waals surface area contributed by atoms with Crippen molar-refractivity contribution in [3.63, 3.8) is 0 Å². The SMILES string of the molecule is CC(C)N(CCC(=O)O)C(=O)c1ccc(OCc2ccccc2)nc1. The fourth-order valence-electron chi connectivity index (χ4n) is 2.30. The van der Waals surface area contributed by atoms with Crippen molar-refractivity contribution in [2.24, 2.45) is 0 Å². The number of aromatic nitrogens is 1. The van der Waals surface area contributed by atoms with Gasteiger partial charge in [0.2, 0.25) is 5.88 Å². The summed E-state index contributed by atoms with van der Waals surface area (Å²) in [7, 11) is 0. The van der Waals surface area contributed by atoms with Gasteiger partial charge in [-0.3, -0.25) is 9.59 Å². The van der Waals surface area contributed by atoms with Gasteiger partial charge in [-0.1, -0.05) is 30.3 Å². The van der Waals surface area contributed by atoms with Crippen molar-refractivity contribution in [1.29, 1.82) is 0 Å². The van der Waals surface area contributed by atoms with E-state index in [1.165, 1.54) is 11.1 Å². The van der Waals surface area contributed by atoms with Crippen molar-refractivity contribution >= 4 is 11.9 Å². The van der Waals surface area contributed by atoms with Gasteiger partial charge in [0.25, 0.3) is 5.91 Å². The van der Waals surface area contributed by atoms with Crippen LogP contribution in [0, 0.1) is 0 Å². The summed E-state index contributed by atoms with van der Waals surface area (Å²) in [5, 5.41) is 8.82. The van der Waals surface area contributed by atoms with E-state index >= 15 is 0 Å². The molecule has 0 unspecified atom stereocenters. The standard InChI is InChI=1S/C19H22N2O4/c1-14(2)21(11-10-18(22)23)19(24)16-8-9-17(20-12-16)25-13-15-6-4-3-5-7-15/h3-9,12,14H,10-11,13H2,1-2H3,(H,22,23). The molecule has 1 aromatic carbocycles. The fraction of sp³-hybridized carbons (Fsp3) is 0.316. The van der Waals surface area contributed by atoms with Crippen LogP contribution in [0.25, 0.3) is 0 Å². The lowest BCUT2D eigenvalue weighted by atomic mass is 10.2. The van der Waals surface area contributed by atoms with Crippen molar-refractivity contribution < 1.29 is 19.4 Å². The third-order valence-corrected chi connectivity index (χ3v) is 3.66. The molecule has 0 bridgehead atoms. The lowest BCUT2D eigenvalue weighted by Crippen LogP contribution is -2.38. The lowest BCUT2D eigenvalue weighted by Gasteiger charge is -2.26. The Kier molecular flexibility index (Phi) is 6.51. The van der Waals surface area contributed by atoms with Gasteiger partial charge in [0.1, 0.15) is 6.61 Å². The molecule has 2 rings (SSSR count). The minimum Gasteiger partial charge on any atom is -0.481 e. The molecule has 0 aliphatic heterocycles. The average molecular weight is 342 g/mol. The van der Waals surface area contributed by atoms with E-state index in [-0.39, 0.29) is 24.9 Å². The molecule has 132 valence electrons. The van der Waals surface area contributed by atoms with Crippen LogP contribution in [-0.2, 0) is 11.4 Å². The highest BCUT2D eigenvalue weighted by Crippen LogP contribution is 2.13. The third kappa shape index (κ3) is 5.60. The second-order valence-electron chi connectivity index (χ2n) is 5.90. The van der Waals surface area contributed by atoms with Crippen LogP contribution < -0.4 is 4.74 Å². The van der Waals surface area contributed by atoms with Gasteiger partial charge in [-0.2, -0.15) is 0 Å². The Balaban J connectivity index is 1.99. The van der Waals surface area contributed by atoms with E-state index in [4.69, 9.17) is 9.84 Å². The first-order chi connectivity index (χ1) is 12.0. The maximum absolute atomic E-state index is 12.5. The van der Waals surface area contributed by atoms with E-state index in [2.05, 4.69) is 4.98 Å². The first kappa shape index (κ1) is 18.4. The zero-order chi connectivity index (χ0) is 18.2. The Morgan fingerprint density at radius 1 is 1.16 bits per heavy atom. The fourth-order valence-corrected chi connectivity index (χ4v) is 2.30. The van der Waals surface area contributed by atoms with Crippen LogP contribution in [0.1, 0.15) is 36.2 Å². The summed E-state index contributed by atoms with van der Waals surface area (Å²) in [5.74, 6) is -0.735. The first-order valence-electron chi connectivity index (χ1n) is 8.13. The molecule has 0 aliphatic rings. The van der Waals surface area contributed by atoms with E-state index < -0.39 is 5.97 Å². The highest BCUT2D eigenvalue weighted by Gasteiger charge is 2.20. The molecule has 1 amide bonds. The van der Waals surface area contributed by atoms with E-state index in [1.807, 2.05) is 44.2 Å². The van der Waals surface area contributed by atoms with Gasteiger partial charge in [-0.15, -0.1) is 0 Å². The van der Waals surface area contributed by atoms with Crippen LogP contribution in [0.2, 0.25) is 0 Å². The van der Waals surface area contributed by atoms with E-state index in [9.17, 15) is 9.59 Å². The first-order valence-corrected chi connectivity index (χ1v) is 8.13. The van der Waals surface area contributed by atoms with Crippen LogP contribution in [0.3, 0.4) is 0 Å². The van der Waals surface area contributed by atoms with Crippen molar-refractivity contribution in [1.82, 2.24) is 9.88 Å². The van der Waals surface area contributed by atoms with Gasteiger partial charge < -0.3 is 14.7 Å². The third-order valence-electron chi connectivity index (χ3n) is 3.66. The average Bonchev–Trinajstić information content (AvgIpc) is 2.60. The lowest BCUT2D eigenvalue weighted by molar-refractivity contribution is -0.137. The van der Waals surface area contributed by atoms with Gasteiger partial charge in [0, 0.05) is 24.8 Å². The molecular formula is C19H22N2O4. The Labute approximate surface area is 147 Å². The molecule has 6 nitrogen and oxygen atoms in total. The number of aliphatic carboxylic acids is 1. The summed E-state index contributed by atoms with van der Waals surface area (Å²) in [6, 6.07) is 12.9. The van der Waals surface area contributed by atoms with Crippen molar-refractivity contribution in [2.45, 2.75) is 32.9 Å². The number of carboxylic acids is 1. The number of pyridine rings is 1. The number of nitrogens with zero attached hydrogens (tertiary/aromatic N) is 2. The number of carbonyl (C=O) groups is 2. The van der Waals surface area contributed by atoms with Crippen LogP contribution in [0.4, 0.5) is 0 Å². The van der Waals surface area contributed by atoms with Crippen molar-refractivity contribution in [3.05, 3.63) is 59.8 Å². The molecule has 2 aromatic rings. The van der Waals surface area contributed by atoms with Crippen LogP contribution in [0.5, 0.6) is 5.88 Å². The highest BCUT2D eigenvalue weighted by atomic mass is 16.5. The molecule has 0 saturated carbocycles. The zero-order valence-electron chi connectivity index (χ0n) is 14.4. The normalized spacial score (nSPS) is 10.5. The van der Waals surface area contributed by atoms with Gasteiger partial charge >= 0.3 is 5.97 Å². The monoisotopic (exact) mass is 342 g/mol. The molecule has 0 atom stereocenters. The molecule has 1 aromatic heterocycles. The summed E-state index contributed by atoms with van der Waals surface area (Å²) in [4.78, 5) is 29.0. The summed E-state index contributed by atoms with van der Waals surface area (Å²) in [6.45, 7) is 4.27. The summed E-state index contributed by atoms with van der Waals surface area (Å²) in [5.41, 5.74) is 1.44. The number of amides is 1. The number of ether oxygens (including phenoxy) is 1. The van der Waals surface area contributed by atoms with Crippen molar-refractivity contribution in [3.8, 4) is 5.88 Å². The molecule has 0 aliphatic carbocycles. The Bertz CT molecular complexity index is 699. The predicted molar refractivity (Wildman–Crippen MR) is 93.4 cm³/mol. The van der Waals surface area contributed by atoms with E-state index in [0.717, 1.165) is 5.56 Å². The molecule has 25 heavy (non-hydrogen) atoms. The summed E-state index contributed by atoms with van der Waals surface area (Å²) < 4.78 is 5.60. The van der Waals surface area contributed by atoms with Gasteiger partial charge in [0.15, 0.2) is 0 Å². The number of carbonyl (C=O) groups excluding carboxylic acids is 1. The van der Waals surface area contributed by atoms with Gasteiger partial charge in [0.05, 0.1) is 12.0 Å². The second kappa shape index (κ2) is 8.82. The maximum Gasteiger partial charge on any atom is 0.305 e. The Morgan fingerprint density at radius 3 is 2.44 bits per heavy atom. The number of hydrogen-bond donors (Lipinski definition) is 1. The Hall–Kier alpha value is -2.89. The molecule has 1 heterocycles. The van der Waals surface area contributed by atoms with E-state index in [0.29, 0.717) is 18.1 Å². The number of hydrogen-bond acceptors (Lipinski definition) is 4. The topological polar surface area (TPSA) is 79.7 Å². The molecular weight excluding hydrogens is 320 g/mol. The quantitative estimate of drug-likeness (QED) is 0.798. The number of rotatable bonds is 8. The molecule has 0 spiro atoms. The van der Waals surface area contributed by atoms with Crippen molar-refractivity contribution in [2.75, 3.05) is 6.54 Å². The highest BCUT2D eigenvalue weighted by molar-refractivity contribution is 5.94. The van der Waals surface area contributed by atoms with Gasteiger partial charge in [-0.05, 0) is 25.5 Å². The summed E-state index contributed by atoms with van der Waals surface area (Å²) in [6.07, 6.45) is 1.37. The van der Waals surface area contributed by atoms with Crippen LogP contribution in [0.15, 0.2) is 48.7 Å². The smallest absolute Gasteiger partial charge is 0.305 e. The van der Waals surface area contributed by atoms with E-state index in [1.54, 1.807) is 12.1 Å². The molecule has 0 saturated heterocycles. The summed E-state index contributed by atoms with van der Waals surface area (Å²) >= 11 is 0.